The Kier molecular flexibility index (Phi) is 5.90. The Morgan fingerprint density at radius 3 is 2.59 bits per heavy atom. The maximum absolute atomic E-state index is 13.3. The standard InChI is InChI=1S/C26H19F3N4O4/c1-14-23(15(2)37-32-14)17-10-21-24(31-12-17)18(9-19-5-3-4-8-30-19)13-33(21)20-7-6-16(25(34)35)11-22(20)36-26(27,28)29/h3-8,10-13H,9H2,1-2H3,(H,34,35). The first-order chi connectivity index (χ1) is 17.6. The lowest BCUT2D eigenvalue weighted by atomic mass is 10.1. The lowest BCUT2D eigenvalue weighted by Crippen LogP contribution is -2.18. The molecule has 0 aliphatic heterocycles. The van der Waals surface area contributed by atoms with Gasteiger partial charge >= 0.3 is 12.3 Å². The zero-order valence-electron chi connectivity index (χ0n) is 19.6. The molecular weight excluding hydrogens is 489 g/mol. The molecule has 1 aromatic carbocycles. The summed E-state index contributed by atoms with van der Waals surface area (Å²) in [5.41, 5.74) is 4.15. The van der Waals surface area contributed by atoms with Gasteiger partial charge in [0, 0.05) is 47.4 Å². The van der Waals surface area contributed by atoms with E-state index in [9.17, 15) is 23.1 Å². The van der Waals surface area contributed by atoms with Gasteiger partial charge in [0.15, 0.2) is 5.75 Å². The van der Waals surface area contributed by atoms with Crippen LogP contribution in [0.2, 0.25) is 0 Å². The number of alkyl halides is 3. The Balaban J connectivity index is 1.75. The van der Waals surface area contributed by atoms with Crippen LogP contribution in [-0.4, -0.2) is 37.1 Å². The van der Waals surface area contributed by atoms with E-state index in [2.05, 4.69) is 19.9 Å². The van der Waals surface area contributed by atoms with Gasteiger partial charge in [0.1, 0.15) is 5.76 Å². The van der Waals surface area contributed by atoms with Crippen LogP contribution in [0.1, 0.15) is 33.1 Å². The zero-order valence-corrected chi connectivity index (χ0v) is 19.6. The van der Waals surface area contributed by atoms with Crippen LogP contribution in [0.25, 0.3) is 27.8 Å². The van der Waals surface area contributed by atoms with Crippen molar-refractivity contribution in [3.63, 3.8) is 0 Å². The van der Waals surface area contributed by atoms with Gasteiger partial charge in [0.05, 0.1) is 28.0 Å². The average molecular weight is 508 g/mol. The van der Waals surface area contributed by atoms with Gasteiger partial charge in [0.2, 0.25) is 0 Å². The van der Waals surface area contributed by atoms with E-state index in [1.54, 1.807) is 44.6 Å². The van der Waals surface area contributed by atoms with E-state index >= 15 is 0 Å². The average Bonchev–Trinajstić information content (AvgIpc) is 3.37. The SMILES string of the molecule is Cc1noc(C)c1-c1cnc2c(Cc3ccccn3)cn(-c3ccc(C(=O)O)cc3OC(F)(F)F)c2c1. The van der Waals surface area contributed by atoms with Gasteiger partial charge in [-0.2, -0.15) is 0 Å². The third-order valence-corrected chi connectivity index (χ3v) is 5.83. The summed E-state index contributed by atoms with van der Waals surface area (Å²) in [5.74, 6) is -1.47. The Bertz CT molecular complexity index is 1610. The molecule has 0 radical (unpaired) electrons. The van der Waals surface area contributed by atoms with Crippen molar-refractivity contribution in [1.29, 1.82) is 0 Å². The maximum Gasteiger partial charge on any atom is 0.573 e. The molecule has 0 unspecified atom stereocenters. The molecule has 188 valence electrons. The molecule has 0 atom stereocenters. The predicted molar refractivity (Wildman–Crippen MR) is 127 cm³/mol. The van der Waals surface area contributed by atoms with Gasteiger partial charge in [-0.05, 0) is 50.2 Å². The molecule has 5 aromatic rings. The summed E-state index contributed by atoms with van der Waals surface area (Å²) in [6.45, 7) is 3.53. The second-order valence-electron chi connectivity index (χ2n) is 8.35. The maximum atomic E-state index is 13.3. The van der Waals surface area contributed by atoms with Gasteiger partial charge < -0.3 is 18.9 Å². The van der Waals surface area contributed by atoms with E-state index in [-0.39, 0.29) is 11.3 Å². The molecule has 0 amide bonds. The molecule has 0 fully saturated rings. The van der Waals surface area contributed by atoms with Crippen LogP contribution in [0.4, 0.5) is 13.2 Å². The van der Waals surface area contributed by atoms with Crippen LogP contribution in [-0.2, 0) is 6.42 Å². The first-order valence-electron chi connectivity index (χ1n) is 11.1. The first-order valence-corrected chi connectivity index (χ1v) is 11.1. The highest BCUT2D eigenvalue weighted by atomic mass is 19.4. The molecule has 37 heavy (non-hydrogen) atoms. The minimum absolute atomic E-state index is 0.00249. The summed E-state index contributed by atoms with van der Waals surface area (Å²) in [5, 5.41) is 13.3. The number of pyridine rings is 2. The number of benzene rings is 1. The zero-order chi connectivity index (χ0) is 26.3. The first kappa shape index (κ1) is 24.0. The molecular formula is C26H19F3N4O4. The quantitative estimate of drug-likeness (QED) is 0.306. The van der Waals surface area contributed by atoms with Crippen LogP contribution in [0.3, 0.4) is 0 Å². The summed E-state index contributed by atoms with van der Waals surface area (Å²) in [6, 6.07) is 10.6. The Morgan fingerprint density at radius 2 is 1.95 bits per heavy atom. The van der Waals surface area contributed by atoms with Gasteiger partial charge in [-0.25, -0.2) is 4.79 Å². The number of hydrogen-bond acceptors (Lipinski definition) is 6. The number of fused-ring (bicyclic) bond motifs is 1. The van der Waals surface area contributed by atoms with E-state index < -0.39 is 18.1 Å². The predicted octanol–water partition coefficient (Wildman–Crippen LogP) is 5.88. The van der Waals surface area contributed by atoms with Crippen molar-refractivity contribution < 1.29 is 32.3 Å². The van der Waals surface area contributed by atoms with Crippen LogP contribution >= 0.6 is 0 Å². The minimum Gasteiger partial charge on any atom is -0.478 e. The van der Waals surface area contributed by atoms with Crippen molar-refractivity contribution >= 4 is 17.0 Å². The molecule has 0 aliphatic carbocycles. The van der Waals surface area contributed by atoms with Gasteiger partial charge in [-0.1, -0.05) is 11.2 Å². The Hall–Kier alpha value is -4.67. The summed E-state index contributed by atoms with van der Waals surface area (Å²) >= 11 is 0. The van der Waals surface area contributed by atoms with Crippen LogP contribution in [0.5, 0.6) is 5.75 Å². The molecule has 8 nitrogen and oxygen atoms in total. The number of carboxylic acids is 1. The lowest BCUT2D eigenvalue weighted by Gasteiger charge is -2.15. The van der Waals surface area contributed by atoms with Crippen LogP contribution in [0, 0.1) is 13.8 Å². The highest BCUT2D eigenvalue weighted by Crippen LogP contribution is 2.36. The van der Waals surface area contributed by atoms with Gasteiger partial charge in [-0.3, -0.25) is 9.97 Å². The van der Waals surface area contributed by atoms with E-state index in [1.165, 1.54) is 16.7 Å². The molecule has 11 heteroatoms. The van der Waals surface area contributed by atoms with Crippen molar-refractivity contribution in [3.8, 4) is 22.6 Å². The number of carbonyl (C=O) groups is 1. The number of ether oxygens (including phenoxy) is 1. The molecule has 4 aromatic heterocycles. The second-order valence-corrected chi connectivity index (χ2v) is 8.35. The van der Waals surface area contributed by atoms with Crippen LogP contribution in [0.15, 0.2) is 65.6 Å². The monoisotopic (exact) mass is 508 g/mol. The van der Waals surface area contributed by atoms with Crippen molar-refractivity contribution in [3.05, 3.63) is 89.3 Å². The number of hydrogen-bond donors (Lipinski definition) is 1. The third-order valence-electron chi connectivity index (χ3n) is 5.83. The number of aryl methyl sites for hydroxylation is 2. The normalized spacial score (nSPS) is 11.7. The number of rotatable bonds is 6. The summed E-state index contributed by atoms with van der Waals surface area (Å²) < 4.78 is 50.9. The molecule has 5 rings (SSSR count). The number of aromatic carboxylic acids is 1. The topological polar surface area (TPSA) is 103 Å². The van der Waals surface area contributed by atoms with Crippen molar-refractivity contribution in [2.24, 2.45) is 0 Å². The number of halogens is 3. The number of carboxylic acid groups (broad SMARTS) is 1. The molecule has 4 heterocycles. The largest absolute Gasteiger partial charge is 0.573 e. The van der Waals surface area contributed by atoms with Gasteiger partial charge in [0.25, 0.3) is 0 Å². The molecule has 0 saturated heterocycles. The summed E-state index contributed by atoms with van der Waals surface area (Å²) in [6.07, 6.45) is 0.290. The van der Waals surface area contributed by atoms with E-state index in [4.69, 9.17) is 4.52 Å². The fraction of sp³-hybridized carbons (Fsp3) is 0.154. The number of aromatic nitrogens is 4. The fourth-order valence-electron chi connectivity index (χ4n) is 4.28. The van der Waals surface area contributed by atoms with Crippen molar-refractivity contribution in [2.45, 2.75) is 26.6 Å². The lowest BCUT2D eigenvalue weighted by molar-refractivity contribution is -0.274. The summed E-state index contributed by atoms with van der Waals surface area (Å²) in [7, 11) is 0. The van der Waals surface area contributed by atoms with Gasteiger partial charge in [-0.15, -0.1) is 13.2 Å². The van der Waals surface area contributed by atoms with E-state index in [1.807, 2.05) is 12.1 Å². The van der Waals surface area contributed by atoms with Crippen molar-refractivity contribution in [1.82, 2.24) is 19.7 Å². The van der Waals surface area contributed by atoms with Crippen molar-refractivity contribution in [2.75, 3.05) is 0 Å². The highest BCUT2D eigenvalue weighted by Gasteiger charge is 2.33. The molecule has 0 spiro atoms. The molecule has 0 aliphatic rings. The molecule has 1 N–H and O–H groups in total. The Morgan fingerprint density at radius 1 is 1.14 bits per heavy atom. The summed E-state index contributed by atoms with van der Waals surface area (Å²) in [4.78, 5) is 20.4. The third kappa shape index (κ3) is 4.75. The molecule has 0 saturated carbocycles. The minimum atomic E-state index is -5.04. The smallest absolute Gasteiger partial charge is 0.478 e. The highest BCUT2D eigenvalue weighted by molar-refractivity contribution is 5.90. The number of nitrogens with zero attached hydrogens (tertiary/aromatic N) is 4. The Labute approximate surface area is 207 Å². The second kappa shape index (κ2) is 9.08. The van der Waals surface area contributed by atoms with E-state index in [0.717, 1.165) is 17.3 Å². The molecule has 0 bridgehead atoms. The van der Waals surface area contributed by atoms with Crippen LogP contribution < -0.4 is 4.74 Å². The fourth-order valence-corrected chi connectivity index (χ4v) is 4.28. The van der Waals surface area contributed by atoms with E-state index in [0.29, 0.717) is 40.0 Å².